The fourth-order valence-corrected chi connectivity index (χ4v) is 3.26. The molecule has 1 aromatic heterocycles. The fraction of sp³-hybridized carbons (Fsp3) is 0.333. The van der Waals surface area contributed by atoms with Crippen molar-refractivity contribution in [2.45, 2.75) is 31.6 Å². The molecular weight excluding hydrogens is 316 g/mol. The molecule has 2 amide bonds. The van der Waals surface area contributed by atoms with Crippen LogP contribution in [0.3, 0.4) is 0 Å². The molecule has 1 aromatic carbocycles. The lowest BCUT2D eigenvalue weighted by atomic mass is 9.73. The van der Waals surface area contributed by atoms with Gasteiger partial charge in [0.15, 0.2) is 0 Å². The van der Waals surface area contributed by atoms with Crippen LogP contribution in [0.15, 0.2) is 23.0 Å². The molecule has 1 aliphatic rings. The Kier molecular flexibility index (Phi) is 3.76. The van der Waals surface area contributed by atoms with E-state index in [1.54, 1.807) is 33.0 Å². The van der Waals surface area contributed by atoms with Crippen LogP contribution in [0.2, 0.25) is 5.02 Å². The third-order valence-corrected chi connectivity index (χ3v) is 4.54. The molecule has 0 unspecified atom stereocenters. The Labute approximate surface area is 138 Å². The van der Waals surface area contributed by atoms with E-state index in [0.29, 0.717) is 34.6 Å². The average molecular weight is 332 g/mol. The quantitative estimate of drug-likeness (QED) is 0.608. The van der Waals surface area contributed by atoms with Crippen LogP contribution in [0, 0.1) is 6.92 Å². The largest absolute Gasteiger partial charge is 0.295 e. The molecule has 1 fully saturated rings. The third-order valence-electron chi connectivity index (χ3n) is 4.30. The van der Waals surface area contributed by atoms with Gasteiger partial charge in [0.1, 0.15) is 13.7 Å². The van der Waals surface area contributed by atoms with Gasteiger partial charge in [0, 0.05) is 11.4 Å². The van der Waals surface area contributed by atoms with Crippen molar-refractivity contribution < 1.29 is 9.59 Å². The number of carbonyl (C=O) groups excluding carboxylic acids is 2. The number of aromatic nitrogens is 2. The Morgan fingerprint density at radius 2 is 2.09 bits per heavy atom. The molecule has 0 radical (unpaired) electrons. The predicted octanol–water partition coefficient (Wildman–Crippen LogP) is 0.471. The Balaban J connectivity index is 2.26. The molecule has 1 aliphatic heterocycles. The van der Waals surface area contributed by atoms with Gasteiger partial charge >= 0.3 is 0 Å². The fourth-order valence-electron chi connectivity index (χ4n) is 3.09. The van der Waals surface area contributed by atoms with Gasteiger partial charge in [-0.25, -0.2) is 4.98 Å². The van der Waals surface area contributed by atoms with Crippen LogP contribution >= 0.6 is 11.6 Å². The molecule has 6 nitrogen and oxygen atoms in total. The van der Waals surface area contributed by atoms with Gasteiger partial charge in [0.2, 0.25) is 11.8 Å². The SMILES string of the molecule is B[C@@]1(n2c(C)nc3cc(Cl)ccc3c2=O)CCCC(=O)NC1=O. The summed E-state index contributed by atoms with van der Waals surface area (Å²) in [6.45, 7) is 1.67. The number of amides is 2. The van der Waals surface area contributed by atoms with Gasteiger partial charge in [-0.15, -0.1) is 0 Å². The minimum atomic E-state index is -1.14. The molecule has 1 saturated heterocycles. The second-order valence-corrected chi connectivity index (χ2v) is 6.40. The van der Waals surface area contributed by atoms with Crippen LogP contribution in [0.5, 0.6) is 0 Å². The molecule has 0 aliphatic carbocycles. The second kappa shape index (κ2) is 5.49. The summed E-state index contributed by atoms with van der Waals surface area (Å²) < 4.78 is 1.39. The molecule has 1 N–H and O–H groups in total. The summed E-state index contributed by atoms with van der Waals surface area (Å²) in [4.78, 5) is 41.4. The molecule has 118 valence electrons. The van der Waals surface area contributed by atoms with Gasteiger partial charge in [-0.2, -0.15) is 0 Å². The lowest BCUT2D eigenvalue weighted by Crippen LogP contribution is -2.54. The lowest BCUT2D eigenvalue weighted by molar-refractivity contribution is -0.132. The summed E-state index contributed by atoms with van der Waals surface area (Å²) in [7, 11) is 1.67. The minimum Gasteiger partial charge on any atom is -0.295 e. The number of fused-ring (bicyclic) bond motifs is 1. The molecule has 3 rings (SSSR count). The van der Waals surface area contributed by atoms with Crippen molar-refractivity contribution in [2.75, 3.05) is 0 Å². The van der Waals surface area contributed by atoms with Crippen molar-refractivity contribution in [3.63, 3.8) is 0 Å². The van der Waals surface area contributed by atoms with Gasteiger partial charge in [0.05, 0.1) is 16.3 Å². The normalized spacial score (nSPS) is 22.0. The van der Waals surface area contributed by atoms with Crippen molar-refractivity contribution in [3.8, 4) is 0 Å². The van der Waals surface area contributed by atoms with Crippen molar-refractivity contribution in [1.29, 1.82) is 0 Å². The second-order valence-electron chi connectivity index (χ2n) is 5.97. The van der Waals surface area contributed by atoms with E-state index >= 15 is 0 Å². The van der Waals surface area contributed by atoms with E-state index in [0.717, 1.165) is 0 Å². The van der Waals surface area contributed by atoms with Crippen LogP contribution < -0.4 is 10.9 Å². The number of benzene rings is 1. The maximum Gasteiger partial charge on any atom is 0.261 e. The van der Waals surface area contributed by atoms with Gasteiger partial charge in [-0.1, -0.05) is 11.6 Å². The maximum atomic E-state index is 12.9. The topological polar surface area (TPSA) is 81.1 Å². The molecule has 0 bridgehead atoms. The van der Waals surface area contributed by atoms with Crippen LogP contribution in [-0.4, -0.2) is 29.2 Å². The molecule has 8 heteroatoms. The van der Waals surface area contributed by atoms with E-state index in [1.165, 1.54) is 4.57 Å². The van der Waals surface area contributed by atoms with E-state index < -0.39 is 11.3 Å². The number of nitrogens with one attached hydrogen (secondary N) is 1. The number of halogens is 1. The van der Waals surface area contributed by atoms with Gasteiger partial charge < -0.3 is 0 Å². The zero-order valence-electron chi connectivity index (χ0n) is 12.9. The van der Waals surface area contributed by atoms with E-state index in [1.807, 2.05) is 0 Å². The molecule has 23 heavy (non-hydrogen) atoms. The van der Waals surface area contributed by atoms with Crippen LogP contribution in [0.4, 0.5) is 0 Å². The lowest BCUT2D eigenvalue weighted by Gasteiger charge is -2.30. The monoisotopic (exact) mass is 331 g/mol. The number of hydrogen-bond donors (Lipinski definition) is 1. The van der Waals surface area contributed by atoms with E-state index in [4.69, 9.17) is 11.6 Å². The first kappa shape index (κ1) is 15.7. The Hall–Kier alpha value is -2.15. The summed E-state index contributed by atoms with van der Waals surface area (Å²) in [5.74, 6) is -0.373. The van der Waals surface area contributed by atoms with Gasteiger partial charge in [-0.3, -0.25) is 24.3 Å². The van der Waals surface area contributed by atoms with Gasteiger partial charge in [0.25, 0.3) is 5.56 Å². The van der Waals surface area contributed by atoms with Crippen molar-refractivity contribution in [2.24, 2.45) is 0 Å². The first-order valence-electron chi connectivity index (χ1n) is 7.36. The average Bonchev–Trinajstić information content (AvgIpc) is 2.58. The zero-order chi connectivity index (χ0) is 16.8. The van der Waals surface area contributed by atoms with E-state index in [2.05, 4.69) is 10.3 Å². The summed E-state index contributed by atoms with van der Waals surface area (Å²) >= 11 is 5.95. The molecule has 0 spiro atoms. The van der Waals surface area contributed by atoms with Crippen LogP contribution in [0.25, 0.3) is 10.9 Å². The third kappa shape index (κ3) is 2.55. The highest BCUT2D eigenvalue weighted by Gasteiger charge is 2.39. The minimum absolute atomic E-state index is 0.270. The summed E-state index contributed by atoms with van der Waals surface area (Å²) in [6, 6.07) is 4.84. The van der Waals surface area contributed by atoms with Crippen molar-refractivity contribution >= 4 is 42.2 Å². The first-order valence-corrected chi connectivity index (χ1v) is 7.74. The number of carbonyl (C=O) groups is 2. The number of hydrogen-bond acceptors (Lipinski definition) is 4. The molecule has 1 atom stereocenters. The molecule has 2 heterocycles. The number of nitrogens with zero attached hydrogens (tertiary/aromatic N) is 2. The molecule has 2 aromatic rings. The Morgan fingerprint density at radius 1 is 1.35 bits per heavy atom. The summed E-state index contributed by atoms with van der Waals surface area (Å²) in [5.41, 5.74) is -0.963. The maximum absolute atomic E-state index is 12.9. The molecular formula is C15H15BClN3O3. The highest BCUT2D eigenvalue weighted by atomic mass is 35.5. The highest BCUT2D eigenvalue weighted by Crippen LogP contribution is 2.24. The van der Waals surface area contributed by atoms with Crippen LogP contribution in [0.1, 0.15) is 25.1 Å². The predicted molar refractivity (Wildman–Crippen MR) is 89.3 cm³/mol. The molecule has 0 saturated carbocycles. The number of aryl methyl sites for hydroxylation is 1. The first-order chi connectivity index (χ1) is 10.8. The summed E-state index contributed by atoms with van der Waals surface area (Å²) in [5, 5.41) is 3.24. The van der Waals surface area contributed by atoms with E-state index in [-0.39, 0.29) is 17.9 Å². The van der Waals surface area contributed by atoms with Crippen LogP contribution in [-0.2, 0) is 15.0 Å². The van der Waals surface area contributed by atoms with E-state index in [9.17, 15) is 14.4 Å². The number of rotatable bonds is 1. The Morgan fingerprint density at radius 3 is 2.83 bits per heavy atom. The van der Waals surface area contributed by atoms with Crippen molar-refractivity contribution in [1.82, 2.24) is 14.9 Å². The van der Waals surface area contributed by atoms with Crippen molar-refractivity contribution in [3.05, 3.63) is 39.4 Å². The Bertz CT molecular complexity index is 895. The number of imide groups is 1. The smallest absolute Gasteiger partial charge is 0.261 e. The standard InChI is InChI=1S/C15H15BClN3O3/c1-8-18-11-7-9(17)4-5-10(11)13(22)20(8)15(16)6-2-3-12(21)19-14(15)23/h4-5,7H,2-3,6,16H2,1H3,(H,19,21,23)/t15-/m1/s1. The highest BCUT2D eigenvalue weighted by molar-refractivity contribution is 6.31. The van der Waals surface area contributed by atoms with Gasteiger partial charge in [-0.05, 0) is 38.0 Å². The zero-order valence-corrected chi connectivity index (χ0v) is 13.6. The summed E-state index contributed by atoms with van der Waals surface area (Å²) in [6.07, 6.45) is 1.19.